The summed E-state index contributed by atoms with van der Waals surface area (Å²) in [7, 11) is 1.76. The SMILES string of the molecule is CN(Cc1ccc(Br)cc1)C(=O)CCCN1C(=O)c2cccc3cccc(c23)C1=O. The van der Waals surface area contributed by atoms with Crippen LogP contribution in [-0.2, 0) is 11.3 Å². The summed E-state index contributed by atoms with van der Waals surface area (Å²) in [5.41, 5.74) is 2.13. The number of nitrogens with zero attached hydrogens (tertiary/aromatic N) is 2. The maximum Gasteiger partial charge on any atom is 0.261 e. The van der Waals surface area contributed by atoms with Gasteiger partial charge in [0.1, 0.15) is 0 Å². The van der Waals surface area contributed by atoms with Gasteiger partial charge in [-0.2, -0.15) is 0 Å². The molecule has 152 valence electrons. The normalized spacial score (nSPS) is 13.1. The number of hydrogen-bond acceptors (Lipinski definition) is 3. The van der Waals surface area contributed by atoms with E-state index in [9.17, 15) is 14.4 Å². The van der Waals surface area contributed by atoms with Gasteiger partial charge in [0.25, 0.3) is 11.8 Å². The van der Waals surface area contributed by atoms with E-state index >= 15 is 0 Å². The Kier molecular flexibility index (Phi) is 5.68. The molecule has 1 aliphatic heterocycles. The van der Waals surface area contributed by atoms with Crippen molar-refractivity contribution in [3.8, 4) is 0 Å². The van der Waals surface area contributed by atoms with Crippen LogP contribution >= 0.6 is 15.9 Å². The Morgan fingerprint density at radius 2 is 1.53 bits per heavy atom. The van der Waals surface area contributed by atoms with Crippen LogP contribution in [0.15, 0.2) is 65.1 Å². The Labute approximate surface area is 183 Å². The number of carbonyl (C=O) groups excluding carboxylic acids is 3. The van der Waals surface area contributed by atoms with Crippen molar-refractivity contribution in [2.45, 2.75) is 19.4 Å². The Morgan fingerprint density at radius 3 is 2.13 bits per heavy atom. The van der Waals surface area contributed by atoms with Gasteiger partial charge in [-0.05, 0) is 41.6 Å². The van der Waals surface area contributed by atoms with Crippen molar-refractivity contribution in [1.82, 2.24) is 9.80 Å². The molecule has 0 aliphatic carbocycles. The fraction of sp³-hybridized carbons (Fsp3) is 0.208. The first-order chi connectivity index (χ1) is 14.5. The highest BCUT2D eigenvalue weighted by atomic mass is 79.9. The number of imide groups is 1. The van der Waals surface area contributed by atoms with Gasteiger partial charge in [-0.1, -0.05) is 52.3 Å². The summed E-state index contributed by atoms with van der Waals surface area (Å²) in [6.45, 7) is 0.739. The zero-order chi connectivity index (χ0) is 21.3. The molecular formula is C24H21BrN2O3. The molecule has 3 aromatic rings. The first kappa shape index (κ1) is 20.3. The molecule has 1 heterocycles. The van der Waals surface area contributed by atoms with Crippen molar-refractivity contribution in [3.05, 3.63) is 81.8 Å². The fourth-order valence-electron chi connectivity index (χ4n) is 3.81. The minimum atomic E-state index is -0.292. The van der Waals surface area contributed by atoms with Crippen molar-refractivity contribution >= 4 is 44.4 Å². The summed E-state index contributed by atoms with van der Waals surface area (Å²) in [4.78, 5) is 41.2. The van der Waals surface area contributed by atoms with Crippen LogP contribution in [-0.4, -0.2) is 41.1 Å². The molecule has 3 aromatic carbocycles. The third kappa shape index (κ3) is 3.87. The first-order valence-electron chi connectivity index (χ1n) is 9.82. The summed E-state index contributed by atoms with van der Waals surface area (Å²) in [6, 6.07) is 18.8. The van der Waals surface area contributed by atoms with E-state index in [1.165, 1.54) is 4.90 Å². The highest BCUT2D eigenvalue weighted by Gasteiger charge is 2.32. The van der Waals surface area contributed by atoms with Gasteiger partial charge in [-0.3, -0.25) is 19.3 Å². The van der Waals surface area contributed by atoms with Gasteiger partial charge in [0, 0.05) is 47.5 Å². The second-order valence-corrected chi connectivity index (χ2v) is 8.37. The van der Waals surface area contributed by atoms with Gasteiger partial charge < -0.3 is 4.90 Å². The first-order valence-corrected chi connectivity index (χ1v) is 10.6. The number of halogens is 1. The molecule has 0 unspecified atom stereocenters. The van der Waals surface area contributed by atoms with Gasteiger partial charge in [-0.15, -0.1) is 0 Å². The Hall–Kier alpha value is -2.99. The van der Waals surface area contributed by atoms with E-state index in [2.05, 4.69) is 15.9 Å². The summed E-state index contributed by atoms with van der Waals surface area (Å²) < 4.78 is 0.994. The summed E-state index contributed by atoms with van der Waals surface area (Å²) in [5.74, 6) is -0.600. The lowest BCUT2D eigenvalue weighted by molar-refractivity contribution is -0.130. The average Bonchev–Trinajstić information content (AvgIpc) is 2.75. The van der Waals surface area contributed by atoms with E-state index in [-0.39, 0.29) is 30.7 Å². The summed E-state index contributed by atoms with van der Waals surface area (Å²) in [6.07, 6.45) is 0.703. The van der Waals surface area contributed by atoms with Crippen LogP contribution in [0.2, 0.25) is 0 Å². The Morgan fingerprint density at radius 1 is 0.933 bits per heavy atom. The smallest absolute Gasteiger partial charge is 0.261 e. The number of amides is 3. The van der Waals surface area contributed by atoms with Gasteiger partial charge >= 0.3 is 0 Å². The average molecular weight is 465 g/mol. The van der Waals surface area contributed by atoms with Crippen LogP contribution < -0.4 is 0 Å². The van der Waals surface area contributed by atoms with Crippen molar-refractivity contribution in [2.75, 3.05) is 13.6 Å². The van der Waals surface area contributed by atoms with Crippen molar-refractivity contribution in [3.63, 3.8) is 0 Å². The Balaban J connectivity index is 1.39. The molecule has 0 saturated carbocycles. The van der Waals surface area contributed by atoms with Gasteiger partial charge in [-0.25, -0.2) is 0 Å². The van der Waals surface area contributed by atoms with Crippen LogP contribution in [0.4, 0.5) is 0 Å². The topological polar surface area (TPSA) is 57.7 Å². The molecule has 0 radical (unpaired) electrons. The number of hydrogen-bond donors (Lipinski definition) is 0. The quantitative estimate of drug-likeness (QED) is 0.499. The molecule has 1 aliphatic rings. The molecule has 6 heteroatoms. The summed E-state index contributed by atoms with van der Waals surface area (Å²) >= 11 is 3.40. The van der Waals surface area contributed by atoms with Crippen LogP contribution in [0.25, 0.3) is 10.8 Å². The van der Waals surface area contributed by atoms with Crippen LogP contribution in [0, 0.1) is 0 Å². The fourth-order valence-corrected chi connectivity index (χ4v) is 4.08. The van der Waals surface area contributed by atoms with Crippen LogP contribution in [0.5, 0.6) is 0 Å². The summed E-state index contributed by atoms with van der Waals surface area (Å²) in [5, 5.41) is 1.60. The number of rotatable bonds is 6. The lowest BCUT2D eigenvalue weighted by atomic mass is 9.94. The second kappa shape index (κ2) is 8.40. The minimum Gasteiger partial charge on any atom is -0.341 e. The second-order valence-electron chi connectivity index (χ2n) is 7.45. The van der Waals surface area contributed by atoms with E-state index in [1.54, 1.807) is 24.1 Å². The van der Waals surface area contributed by atoms with E-state index in [1.807, 2.05) is 48.5 Å². The molecular weight excluding hydrogens is 444 g/mol. The van der Waals surface area contributed by atoms with Crippen LogP contribution in [0.1, 0.15) is 39.1 Å². The molecule has 0 spiro atoms. The van der Waals surface area contributed by atoms with E-state index in [0.29, 0.717) is 24.1 Å². The molecule has 0 saturated heterocycles. The molecule has 4 rings (SSSR count). The van der Waals surface area contributed by atoms with E-state index in [0.717, 1.165) is 20.8 Å². The zero-order valence-corrected chi connectivity index (χ0v) is 18.2. The molecule has 0 atom stereocenters. The van der Waals surface area contributed by atoms with Gasteiger partial charge in [0.15, 0.2) is 0 Å². The highest BCUT2D eigenvalue weighted by Crippen LogP contribution is 2.30. The predicted molar refractivity (Wildman–Crippen MR) is 119 cm³/mol. The lowest BCUT2D eigenvalue weighted by Gasteiger charge is -2.27. The highest BCUT2D eigenvalue weighted by molar-refractivity contribution is 9.10. The maximum atomic E-state index is 12.9. The molecule has 0 fully saturated rings. The largest absolute Gasteiger partial charge is 0.341 e. The zero-order valence-electron chi connectivity index (χ0n) is 16.6. The molecule has 30 heavy (non-hydrogen) atoms. The number of carbonyl (C=O) groups is 3. The van der Waals surface area contributed by atoms with Crippen molar-refractivity contribution < 1.29 is 14.4 Å². The van der Waals surface area contributed by atoms with Gasteiger partial charge in [0.2, 0.25) is 5.91 Å². The molecule has 0 bridgehead atoms. The lowest BCUT2D eigenvalue weighted by Crippen LogP contribution is -2.41. The van der Waals surface area contributed by atoms with E-state index < -0.39 is 0 Å². The predicted octanol–water partition coefficient (Wildman–Crippen LogP) is 4.64. The molecule has 0 aromatic heterocycles. The maximum absolute atomic E-state index is 12.9. The van der Waals surface area contributed by atoms with Crippen LogP contribution in [0.3, 0.4) is 0 Å². The number of benzene rings is 3. The molecule has 5 nitrogen and oxygen atoms in total. The molecule has 3 amide bonds. The van der Waals surface area contributed by atoms with Crippen molar-refractivity contribution in [1.29, 1.82) is 0 Å². The van der Waals surface area contributed by atoms with Gasteiger partial charge in [0.05, 0.1) is 0 Å². The molecule has 0 N–H and O–H groups in total. The third-order valence-corrected chi connectivity index (χ3v) is 5.92. The minimum absolute atomic E-state index is 0.0164. The monoisotopic (exact) mass is 464 g/mol. The van der Waals surface area contributed by atoms with E-state index in [4.69, 9.17) is 0 Å². The standard InChI is InChI=1S/C24H21BrN2O3/c1-26(15-16-10-12-18(25)13-11-16)21(28)9-4-14-27-23(29)19-7-2-5-17-6-3-8-20(22(17)19)24(27)30/h2-3,5-8,10-13H,4,9,14-15H2,1H3. The Bertz CT molecular complexity index is 1090. The van der Waals surface area contributed by atoms with Crippen molar-refractivity contribution in [2.24, 2.45) is 0 Å². The third-order valence-electron chi connectivity index (χ3n) is 5.39.